The van der Waals surface area contributed by atoms with Crippen molar-refractivity contribution in [3.63, 3.8) is 0 Å². The van der Waals surface area contributed by atoms with Gasteiger partial charge in [0.25, 0.3) is 5.60 Å². The zero-order valence-electron chi connectivity index (χ0n) is 14.5. The van der Waals surface area contributed by atoms with Crippen molar-refractivity contribution in [3.8, 4) is 0 Å². The Morgan fingerprint density at radius 2 is 1.33 bits per heavy atom. The Hall–Kier alpha value is -0.990. The fourth-order valence-corrected chi connectivity index (χ4v) is 1.79. The van der Waals surface area contributed by atoms with Crippen molar-refractivity contribution in [1.82, 2.24) is 0 Å². The lowest BCUT2D eigenvalue weighted by molar-refractivity contribution is -0.393. The summed E-state index contributed by atoms with van der Waals surface area (Å²) in [5.74, 6) is -1.23. The highest BCUT2D eigenvalue weighted by Crippen LogP contribution is 2.49. The zero-order chi connectivity index (χ0) is 19.8. The highest BCUT2D eigenvalue weighted by Gasteiger charge is 2.75. The molecule has 1 unspecified atom stereocenters. The summed E-state index contributed by atoms with van der Waals surface area (Å²) in [7, 11) is 0. The van der Waals surface area contributed by atoms with Crippen LogP contribution in [0.2, 0.25) is 0 Å². The summed E-state index contributed by atoms with van der Waals surface area (Å²) in [5.41, 5.74) is -7.49. The molecule has 0 aromatic heterocycles. The first-order valence-corrected chi connectivity index (χ1v) is 7.36. The van der Waals surface area contributed by atoms with Gasteiger partial charge in [0.1, 0.15) is 6.10 Å². The van der Waals surface area contributed by atoms with Crippen molar-refractivity contribution < 1.29 is 41.0 Å². The van der Waals surface area contributed by atoms with Gasteiger partial charge in [-0.1, -0.05) is 27.7 Å². The molecule has 0 rings (SSSR count). The lowest BCUT2D eigenvalue weighted by Crippen LogP contribution is -2.66. The third kappa shape index (κ3) is 5.00. The average molecular weight is 366 g/mol. The highest BCUT2D eigenvalue weighted by atomic mass is 19.4. The molecule has 0 aromatic rings. The number of rotatable bonds is 5. The fraction of sp³-hybridized carbons (Fsp3) is 0.933. The molecular weight excluding hydrogens is 342 g/mol. The van der Waals surface area contributed by atoms with Gasteiger partial charge in [-0.2, -0.15) is 26.3 Å². The van der Waals surface area contributed by atoms with Gasteiger partial charge in [-0.3, -0.25) is 4.79 Å². The molecule has 0 aliphatic carbocycles. The van der Waals surface area contributed by atoms with E-state index in [1.54, 1.807) is 6.92 Å². The topological polar surface area (TPSA) is 46.5 Å². The van der Waals surface area contributed by atoms with Crippen LogP contribution < -0.4 is 0 Å². The number of ether oxygens (including phenoxy) is 1. The van der Waals surface area contributed by atoms with Gasteiger partial charge in [0.2, 0.25) is 0 Å². The van der Waals surface area contributed by atoms with Gasteiger partial charge in [-0.05, 0) is 32.1 Å². The van der Waals surface area contributed by atoms with Crippen molar-refractivity contribution in [1.29, 1.82) is 0 Å². The standard InChI is InChI=1S/C15H24F6O3/c1-7-12(5,6)10(22)24-9(8-11(2,3)4)13(23,14(16,17)18)15(19,20)21/h9,23H,7-8H2,1-6H3. The molecule has 0 fully saturated rings. The molecule has 0 radical (unpaired) electrons. The van der Waals surface area contributed by atoms with Crippen molar-refractivity contribution >= 4 is 5.97 Å². The molecule has 0 heterocycles. The fourth-order valence-electron chi connectivity index (χ4n) is 1.79. The first-order chi connectivity index (χ1) is 10.3. The molecule has 0 saturated carbocycles. The first kappa shape index (κ1) is 23.0. The van der Waals surface area contributed by atoms with Crippen LogP contribution in [-0.2, 0) is 9.53 Å². The third-order valence-corrected chi connectivity index (χ3v) is 3.81. The summed E-state index contributed by atoms with van der Waals surface area (Å²) >= 11 is 0. The van der Waals surface area contributed by atoms with E-state index in [1.165, 1.54) is 34.6 Å². The van der Waals surface area contributed by atoms with Crippen molar-refractivity contribution in [2.75, 3.05) is 0 Å². The van der Waals surface area contributed by atoms with E-state index in [1.807, 2.05) is 0 Å². The van der Waals surface area contributed by atoms with Crippen LogP contribution in [0.1, 0.15) is 54.4 Å². The van der Waals surface area contributed by atoms with Gasteiger partial charge in [-0.25, -0.2) is 0 Å². The van der Waals surface area contributed by atoms with Gasteiger partial charge >= 0.3 is 18.3 Å². The molecule has 9 heteroatoms. The number of hydrogen-bond donors (Lipinski definition) is 1. The molecule has 3 nitrogen and oxygen atoms in total. The summed E-state index contributed by atoms with van der Waals surface area (Å²) in [6.07, 6.45) is -15.6. The second kappa shape index (κ2) is 6.72. The quantitative estimate of drug-likeness (QED) is 0.570. The second-order valence-corrected chi connectivity index (χ2v) is 7.66. The molecule has 0 aliphatic heterocycles. The average Bonchev–Trinajstić information content (AvgIpc) is 2.32. The predicted octanol–water partition coefficient (Wildman–Crippen LogP) is 4.63. The summed E-state index contributed by atoms with van der Waals surface area (Å²) in [4.78, 5) is 12.0. The number of carbonyl (C=O) groups is 1. The molecule has 0 bridgehead atoms. The van der Waals surface area contributed by atoms with E-state index in [-0.39, 0.29) is 6.42 Å². The van der Waals surface area contributed by atoms with E-state index in [0.29, 0.717) is 0 Å². The van der Waals surface area contributed by atoms with Crippen molar-refractivity contribution in [2.45, 2.75) is 78.4 Å². The van der Waals surface area contributed by atoms with E-state index in [4.69, 9.17) is 0 Å². The number of hydrogen-bond acceptors (Lipinski definition) is 3. The normalized spacial score (nSPS) is 16.0. The molecule has 0 aliphatic rings. The Bertz CT molecular complexity index is 432. The maximum absolute atomic E-state index is 13.1. The van der Waals surface area contributed by atoms with Crippen molar-refractivity contribution in [2.24, 2.45) is 10.8 Å². The van der Waals surface area contributed by atoms with E-state index < -0.39 is 47.3 Å². The maximum atomic E-state index is 13.1. The summed E-state index contributed by atoms with van der Waals surface area (Å²) in [6, 6.07) is 0. The van der Waals surface area contributed by atoms with Crippen LogP contribution >= 0.6 is 0 Å². The van der Waals surface area contributed by atoms with Crippen LogP contribution in [0.15, 0.2) is 0 Å². The lowest BCUT2D eigenvalue weighted by atomic mass is 9.81. The molecule has 1 atom stereocenters. The smallest absolute Gasteiger partial charge is 0.430 e. The third-order valence-electron chi connectivity index (χ3n) is 3.81. The SMILES string of the molecule is CCC(C)(C)C(=O)OC(CC(C)(C)C)C(O)(C(F)(F)F)C(F)(F)F. The number of esters is 1. The molecule has 144 valence electrons. The zero-order valence-corrected chi connectivity index (χ0v) is 14.5. The van der Waals surface area contributed by atoms with Crippen LogP contribution in [0.4, 0.5) is 26.3 Å². The molecule has 0 saturated heterocycles. The molecule has 0 amide bonds. The summed E-state index contributed by atoms with van der Waals surface area (Å²) in [6.45, 7) is 8.36. The molecule has 1 N–H and O–H groups in total. The predicted molar refractivity (Wildman–Crippen MR) is 75.1 cm³/mol. The monoisotopic (exact) mass is 366 g/mol. The van der Waals surface area contributed by atoms with Crippen LogP contribution in [0.5, 0.6) is 0 Å². The van der Waals surface area contributed by atoms with Crippen molar-refractivity contribution in [3.05, 3.63) is 0 Å². The second-order valence-electron chi connectivity index (χ2n) is 7.66. The van der Waals surface area contributed by atoms with E-state index in [2.05, 4.69) is 4.74 Å². The molecule has 24 heavy (non-hydrogen) atoms. The van der Waals surface area contributed by atoms with Gasteiger partial charge in [0.05, 0.1) is 5.41 Å². The van der Waals surface area contributed by atoms with Crippen LogP contribution in [0.25, 0.3) is 0 Å². The lowest BCUT2D eigenvalue weighted by Gasteiger charge is -2.41. The Kier molecular flexibility index (Phi) is 6.45. The maximum Gasteiger partial charge on any atom is 0.430 e. The molecule has 0 spiro atoms. The number of halogens is 6. The van der Waals surface area contributed by atoms with Crippen LogP contribution in [-0.4, -0.2) is 35.1 Å². The number of aliphatic hydroxyl groups is 1. The van der Waals surface area contributed by atoms with E-state index >= 15 is 0 Å². The molecule has 0 aromatic carbocycles. The molecular formula is C15H24F6O3. The van der Waals surface area contributed by atoms with E-state index in [0.717, 1.165) is 0 Å². The van der Waals surface area contributed by atoms with E-state index in [9.17, 15) is 36.2 Å². The largest absolute Gasteiger partial charge is 0.458 e. The Morgan fingerprint density at radius 1 is 0.958 bits per heavy atom. The van der Waals surface area contributed by atoms with Gasteiger partial charge < -0.3 is 9.84 Å². The van der Waals surface area contributed by atoms with Gasteiger partial charge in [-0.15, -0.1) is 0 Å². The Balaban J connectivity index is 6.07. The Morgan fingerprint density at radius 3 is 1.58 bits per heavy atom. The minimum absolute atomic E-state index is 0.143. The highest BCUT2D eigenvalue weighted by molar-refractivity contribution is 5.76. The number of alkyl halides is 6. The summed E-state index contributed by atoms with van der Waals surface area (Å²) in [5, 5.41) is 9.57. The van der Waals surface area contributed by atoms with Gasteiger partial charge in [0, 0.05) is 0 Å². The minimum atomic E-state index is -6.06. The van der Waals surface area contributed by atoms with Gasteiger partial charge in [0.15, 0.2) is 0 Å². The summed E-state index contributed by atoms with van der Waals surface area (Å²) < 4.78 is 83.1. The van der Waals surface area contributed by atoms with Crippen LogP contribution in [0, 0.1) is 10.8 Å². The first-order valence-electron chi connectivity index (χ1n) is 7.36. The van der Waals surface area contributed by atoms with Crippen LogP contribution in [0.3, 0.4) is 0 Å². The number of carbonyl (C=O) groups excluding carboxylic acids is 1. The Labute approximate surface area is 137 Å². The minimum Gasteiger partial charge on any atom is -0.458 e.